The Balaban J connectivity index is 1.80. The molecule has 3 aromatic carbocycles. The number of likely N-dealkylation sites (tertiary alicyclic amines) is 1. The smallest absolute Gasteiger partial charge is 0.119 e. The van der Waals surface area contributed by atoms with E-state index in [1.54, 1.807) is 0 Å². The number of nitrogens with zero attached hydrogens (tertiary/aromatic N) is 2. The molecule has 0 aromatic heterocycles. The molecule has 0 N–H and O–H groups in total. The van der Waals surface area contributed by atoms with Gasteiger partial charge in [-0.3, -0.25) is 4.90 Å². The Morgan fingerprint density at radius 2 is 1.33 bits per heavy atom. The van der Waals surface area contributed by atoms with Crippen molar-refractivity contribution >= 4 is 11.1 Å². The Hall–Kier alpha value is -2.88. The molecule has 0 amide bonds. The van der Waals surface area contributed by atoms with Gasteiger partial charge in [0.1, 0.15) is 12.4 Å². The number of benzene rings is 3. The van der Waals surface area contributed by atoms with Crippen LogP contribution in [0.25, 0.3) is 11.1 Å². The van der Waals surface area contributed by atoms with Crippen LogP contribution >= 0.6 is 0 Å². The average molecular weight is 441 g/mol. The summed E-state index contributed by atoms with van der Waals surface area (Å²) in [5.74, 6) is 0.918. The van der Waals surface area contributed by atoms with E-state index < -0.39 is 0 Å². The first-order valence-electron chi connectivity index (χ1n) is 12.1. The van der Waals surface area contributed by atoms with Crippen molar-refractivity contribution in [1.82, 2.24) is 9.80 Å². The first-order chi connectivity index (χ1) is 16.1. The van der Waals surface area contributed by atoms with Crippen molar-refractivity contribution in [2.24, 2.45) is 0 Å². The Kier molecular flexibility index (Phi) is 7.98. The average Bonchev–Trinajstić information content (AvgIpc) is 3.39. The molecule has 0 saturated carbocycles. The predicted octanol–water partition coefficient (Wildman–Crippen LogP) is 6.07. The minimum absolute atomic E-state index is 0.334. The van der Waals surface area contributed by atoms with E-state index in [9.17, 15) is 0 Å². The van der Waals surface area contributed by atoms with E-state index in [1.165, 1.54) is 40.7 Å². The number of ether oxygens (including phenoxy) is 1. The highest BCUT2D eigenvalue weighted by Gasteiger charge is 2.26. The van der Waals surface area contributed by atoms with Gasteiger partial charge in [-0.15, -0.1) is 0 Å². The van der Waals surface area contributed by atoms with Gasteiger partial charge in [-0.25, -0.2) is 0 Å². The summed E-state index contributed by atoms with van der Waals surface area (Å²) in [5, 5.41) is 0. The van der Waals surface area contributed by atoms with Gasteiger partial charge in [0, 0.05) is 12.6 Å². The molecule has 172 valence electrons. The lowest BCUT2D eigenvalue weighted by Gasteiger charge is -2.30. The minimum Gasteiger partial charge on any atom is -0.492 e. The van der Waals surface area contributed by atoms with E-state index in [0.717, 1.165) is 25.4 Å². The zero-order chi connectivity index (χ0) is 23.0. The standard InChI is InChI=1S/C30H36N2O/c1-24(32-20-10-11-21-32)29(25-12-6-4-7-13-25)30(26-14-8-5-9-15-26)27-16-18-28(19-17-27)33-23-22-31(2)3/h4-9,12-19,24H,10-11,20-23H2,1-3H3/b30-29+. The van der Waals surface area contributed by atoms with Crippen molar-refractivity contribution in [3.8, 4) is 5.75 Å². The zero-order valence-corrected chi connectivity index (χ0v) is 20.2. The topological polar surface area (TPSA) is 15.7 Å². The van der Waals surface area contributed by atoms with Crippen molar-refractivity contribution in [3.05, 3.63) is 102 Å². The van der Waals surface area contributed by atoms with Crippen LogP contribution < -0.4 is 4.74 Å². The summed E-state index contributed by atoms with van der Waals surface area (Å²) in [6.07, 6.45) is 2.57. The van der Waals surface area contributed by atoms with Gasteiger partial charge in [-0.1, -0.05) is 72.8 Å². The molecule has 1 heterocycles. The fraction of sp³-hybridized carbons (Fsp3) is 0.333. The first kappa shape index (κ1) is 23.3. The predicted molar refractivity (Wildman–Crippen MR) is 140 cm³/mol. The van der Waals surface area contributed by atoms with Gasteiger partial charge in [0.05, 0.1) is 0 Å². The van der Waals surface area contributed by atoms with Crippen LogP contribution in [0, 0.1) is 0 Å². The molecule has 0 aliphatic carbocycles. The van der Waals surface area contributed by atoms with Crippen LogP contribution in [0.2, 0.25) is 0 Å². The van der Waals surface area contributed by atoms with E-state index in [-0.39, 0.29) is 0 Å². The monoisotopic (exact) mass is 440 g/mol. The summed E-state index contributed by atoms with van der Waals surface area (Å²) in [7, 11) is 4.13. The van der Waals surface area contributed by atoms with Crippen molar-refractivity contribution in [1.29, 1.82) is 0 Å². The Morgan fingerprint density at radius 1 is 0.788 bits per heavy atom. The molecule has 1 unspecified atom stereocenters. The molecule has 0 spiro atoms. The number of rotatable bonds is 9. The molecule has 33 heavy (non-hydrogen) atoms. The molecule has 0 radical (unpaired) electrons. The highest BCUT2D eigenvalue weighted by Crippen LogP contribution is 2.37. The van der Waals surface area contributed by atoms with E-state index in [2.05, 4.69) is 116 Å². The van der Waals surface area contributed by atoms with Gasteiger partial charge in [-0.2, -0.15) is 0 Å². The van der Waals surface area contributed by atoms with E-state index >= 15 is 0 Å². The molecular weight excluding hydrogens is 404 g/mol. The van der Waals surface area contributed by atoms with Gasteiger partial charge >= 0.3 is 0 Å². The molecule has 3 heteroatoms. The fourth-order valence-electron chi connectivity index (χ4n) is 4.67. The third-order valence-corrected chi connectivity index (χ3v) is 6.47. The van der Waals surface area contributed by atoms with E-state index in [1.807, 2.05) is 0 Å². The lowest BCUT2D eigenvalue weighted by atomic mass is 9.85. The fourth-order valence-corrected chi connectivity index (χ4v) is 4.67. The summed E-state index contributed by atoms with van der Waals surface area (Å²) in [4.78, 5) is 4.76. The molecule has 1 aliphatic heterocycles. The minimum atomic E-state index is 0.334. The van der Waals surface area contributed by atoms with Crippen LogP contribution in [0.5, 0.6) is 5.75 Å². The first-order valence-corrected chi connectivity index (χ1v) is 12.1. The third kappa shape index (κ3) is 5.93. The Labute approximate surface area is 199 Å². The second-order valence-electron chi connectivity index (χ2n) is 9.12. The van der Waals surface area contributed by atoms with Crippen LogP contribution in [0.1, 0.15) is 36.5 Å². The van der Waals surface area contributed by atoms with Gasteiger partial charge in [0.25, 0.3) is 0 Å². The van der Waals surface area contributed by atoms with Crippen LogP contribution in [-0.2, 0) is 0 Å². The second kappa shape index (κ2) is 11.3. The molecule has 1 saturated heterocycles. The molecule has 0 bridgehead atoms. The molecule has 3 nitrogen and oxygen atoms in total. The third-order valence-electron chi connectivity index (χ3n) is 6.47. The molecule has 1 atom stereocenters. The van der Waals surface area contributed by atoms with Crippen molar-refractivity contribution < 1.29 is 4.74 Å². The van der Waals surface area contributed by atoms with Crippen molar-refractivity contribution in [3.63, 3.8) is 0 Å². The maximum atomic E-state index is 5.97. The summed E-state index contributed by atoms with van der Waals surface area (Å²) in [6.45, 7) is 6.29. The molecule has 1 aliphatic rings. The van der Waals surface area contributed by atoms with Crippen LogP contribution in [0.15, 0.2) is 84.9 Å². The zero-order valence-electron chi connectivity index (χ0n) is 20.2. The SMILES string of the molecule is CC(/C(=C(/c1ccccc1)c1ccc(OCCN(C)C)cc1)c1ccccc1)N1CCCC1. The molecular formula is C30H36N2O. The quantitative estimate of drug-likeness (QED) is 0.376. The summed E-state index contributed by atoms with van der Waals surface area (Å²) in [5.41, 5.74) is 6.47. The summed E-state index contributed by atoms with van der Waals surface area (Å²) >= 11 is 0. The second-order valence-corrected chi connectivity index (χ2v) is 9.12. The van der Waals surface area contributed by atoms with Crippen LogP contribution in [0.4, 0.5) is 0 Å². The number of hydrogen-bond acceptors (Lipinski definition) is 3. The van der Waals surface area contributed by atoms with Crippen molar-refractivity contribution in [2.45, 2.75) is 25.8 Å². The molecule has 3 aromatic rings. The van der Waals surface area contributed by atoms with Crippen LogP contribution in [0.3, 0.4) is 0 Å². The summed E-state index contributed by atoms with van der Waals surface area (Å²) in [6, 6.07) is 30.7. The molecule has 1 fully saturated rings. The van der Waals surface area contributed by atoms with Gasteiger partial charge in [-0.05, 0) is 86.9 Å². The highest BCUT2D eigenvalue weighted by molar-refractivity contribution is 6.00. The number of hydrogen-bond donors (Lipinski definition) is 0. The normalized spacial score (nSPS) is 16.0. The number of likely N-dealkylation sites (N-methyl/N-ethyl adjacent to an activating group) is 1. The van der Waals surface area contributed by atoms with Gasteiger partial charge in [0.15, 0.2) is 0 Å². The largest absolute Gasteiger partial charge is 0.492 e. The van der Waals surface area contributed by atoms with Gasteiger partial charge in [0.2, 0.25) is 0 Å². The van der Waals surface area contributed by atoms with Crippen molar-refractivity contribution in [2.75, 3.05) is 40.3 Å². The maximum absolute atomic E-state index is 5.97. The maximum Gasteiger partial charge on any atom is 0.119 e. The highest BCUT2D eigenvalue weighted by atomic mass is 16.5. The van der Waals surface area contributed by atoms with E-state index in [0.29, 0.717) is 12.6 Å². The lowest BCUT2D eigenvalue weighted by Crippen LogP contribution is -2.31. The van der Waals surface area contributed by atoms with E-state index in [4.69, 9.17) is 4.74 Å². The Bertz CT molecular complexity index is 1020. The Morgan fingerprint density at radius 3 is 1.91 bits per heavy atom. The van der Waals surface area contributed by atoms with Crippen LogP contribution in [-0.4, -0.2) is 56.2 Å². The lowest BCUT2D eigenvalue weighted by molar-refractivity contribution is 0.261. The summed E-state index contributed by atoms with van der Waals surface area (Å²) < 4.78 is 5.97. The van der Waals surface area contributed by atoms with Gasteiger partial charge < -0.3 is 9.64 Å². The molecule has 4 rings (SSSR count).